The minimum Gasteiger partial charge on any atom is -0.468 e. The molecule has 0 bridgehead atoms. The fourth-order valence-corrected chi connectivity index (χ4v) is 3.73. The second-order valence-electron chi connectivity index (χ2n) is 7.09. The zero-order valence-corrected chi connectivity index (χ0v) is 17.6. The highest BCUT2D eigenvalue weighted by Gasteiger charge is 2.24. The van der Waals surface area contributed by atoms with Crippen molar-refractivity contribution in [3.05, 3.63) is 45.7 Å². The highest BCUT2D eigenvalue weighted by Crippen LogP contribution is 2.22. The van der Waals surface area contributed by atoms with E-state index < -0.39 is 0 Å². The molecule has 0 amide bonds. The number of benzene rings is 1. The molecule has 3 aromatic rings. The lowest BCUT2D eigenvalue weighted by Crippen LogP contribution is -2.44. The maximum Gasteiger partial charge on any atom is 0.301 e. The van der Waals surface area contributed by atoms with Crippen LogP contribution in [0.4, 0.5) is 5.95 Å². The molecule has 2 aromatic heterocycles. The number of hydrogen-bond donors (Lipinski definition) is 1. The molecule has 1 aromatic carbocycles. The van der Waals surface area contributed by atoms with Gasteiger partial charge in [-0.3, -0.25) is 13.9 Å². The molecular formula is C22H23N7O2. The second-order valence-corrected chi connectivity index (χ2v) is 7.09. The van der Waals surface area contributed by atoms with E-state index in [9.17, 15) is 10.1 Å². The van der Waals surface area contributed by atoms with Crippen LogP contribution in [0, 0.1) is 23.2 Å². The summed E-state index contributed by atoms with van der Waals surface area (Å²) in [6, 6.07) is 9.50. The first-order valence-electron chi connectivity index (χ1n) is 10.1. The van der Waals surface area contributed by atoms with Crippen molar-refractivity contribution < 1.29 is 4.74 Å². The molecular weight excluding hydrogens is 394 g/mol. The van der Waals surface area contributed by atoms with Crippen LogP contribution in [-0.2, 0) is 13.1 Å². The molecule has 1 N–H and O–H groups in total. The molecule has 3 heterocycles. The maximum absolute atomic E-state index is 13.6. The van der Waals surface area contributed by atoms with Crippen molar-refractivity contribution in [1.29, 1.82) is 5.26 Å². The predicted molar refractivity (Wildman–Crippen MR) is 117 cm³/mol. The summed E-state index contributed by atoms with van der Waals surface area (Å²) < 4.78 is 8.70. The summed E-state index contributed by atoms with van der Waals surface area (Å²) in [6.45, 7) is 5.52. The van der Waals surface area contributed by atoms with Crippen molar-refractivity contribution in [3.8, 4) is 23.9 Å². The third-order valence-electron chi connectivity index (χ3n) is 5.27. The van der Waals surface area contributed by atoms with Crippen LogP contribution >= 0.6 is 0 Å². The number of imidazole rings is 1. The lowest BCUT2D eigenvalue weighted by atomic mass is 10.1. The van der Waals surface area contributed by atoms with Gasteiger partial charge in [0.1, 0.15) is 0 Å². The molecule has 9 nitrogen and oxygen atoms in total. The Morgan fingerprint density at radius 1 is 1.19 bits per heavy atom. The van der Waals surface area contributed by atoms with Gasteiger partial charge in [-0.25, -0.2) is 0 Å². The molecule has 0 spiro atoms. The van der Waals surface area contributed by atoms with E-state index >= 15 is 0 Å². The third-order valence-corrected chi connectivity index (χ3v) is 5.27. The molecule has 158 valence electrons. The van der Waals surface area contributed by atoms with Gasteiger partial charge in [-0.15, -0.1) is 5.92 Å². The van der Waals surface area contributed by atoms with Crippen molar-refractivity contribution in [1.82, 2.24) is 24.4 Å². The van der Waals surface area contributed by atoms with Gasteiger partial charge < -0.3 is 15.0 Å². The molecule has 0 saturated carbocycles. The van der Waals surface area contributed by atoms with E-state index in [1.54, 1.807) is 19.1 Å². The molecule has 0 radical (unpaired) electrons. The van der Waals surface area contributed by atoms with E-state index in [1.165, 1.54) is 11.7 Å². The number of anilines is 1. The smallest absolute Gasteiger partial charge is 0.301 e. The zero-order valence-electron chi connectivity index (χ0n) is 17.6. The molecule has 9 heteroatoms. The number of fused-ring (bicyclic) bond motifs is 1. The Labute approximate surface area is 179 Å². The summed E-state index contributed by atoms with van der Waals surface area (Å²) >= 11 is 0. The van der Waals surface area contributed by atoms with Crippen LogP contribution in [0.5, 0.6) is 6.01 Å². The van der Waals surface area contributed by atoms with Crippen LogP contribution in [0.3, 0.4) is 0 Å². The van der Waals surface area contributed by atoms with E-state index in [0.717, 1.165) is 26.2 Å². The predicted octanol–water partition coefficient (Wildman–Crippen LogP) is 0.954. The fraction of sp³-hybridized carbons (Fsp3) is 0.364. The van der Waals surface area contributed by atoms with Gasteiger partial charge in [-0.1, -0.05) is 24.1 Å². The highest BCUT2D eigenvalue weighted by atomic mass is 16.5. The number of nitrogens with zero attached hydrogens (tertiary/aromatic N) is 6. The zero-order chi connectivity index (χ0) is 21.8. The van der Waals surface area contributed by atoms with E-state index in [4.69, 9.17) is 4.74 Å². The topological polar surface area (TPSA) is 101 Å². The number of methoxy groups -OCH3 is 1. The van der Waals surface area contributed by atoms with Crippen LogP contribution in [0.25, 0.3) is 11.2 Å². The first-order chi connectivity index (χ1) is 15.2. The number of nitriles is 1. The van der Waals surface area contributed by atoms with Crippen molar-refractivity contribution in [2.24, 2.45) is 0 Å². The van der Waals surface area contributed by atoms with Gasteiger partial charge in [-0.2, -0.15) is 15.2 Å². The maximum atomic E-state index is 13.6. The Hall–Kier alpha value is -3.82. The molecule has 0 aliphatic carbocycles. The Balaban J connectivity index is 1.91. The summed E-state index contributed by atoms with van der Waals surface area (Å²) in [7, 11) is 1.47. The second kappa shape index (κ2) is 8.90. The van der Waals surface area contributed by atoms with E-state index in [1.807, 2.05) is 16.7 Å². The number of hydrogen-bond acceptors (Lipinski definition) is 7. The van der Waals surface area contributed by atoms with Crippen molar-refractivity contribution in [3.63, 3.8) is 0 Å². The lowest BCUT2D eigenvalue weighted by molar-refractivity contribution is 0.353. The van der Waals surface area contributed by atoms with Crippen molar-refractivity contribution in [2.75, 3.05) is 38.2 Å². The molecule has 1 fully saturated rings. The molecule has 1 saturated heterocycles. The van der Waals surface area contributed by atoms with Crippen molar-refractivity contribution >= 4 is 17.1 Å². The largest absolute Gasteiger partial charge is 0.468 e. The summed E-state index contributed by atoms with van der Waals surface area (Å²) in [5.41, 5.74) is 1.66. The number of aromatic nitrogens is 4. The average molecular weight is 417 g/mol. The molecule has 0 unspecified atom stereocenters. The van der Waals surface area contributed by atoms with E-state index in [2.05, 4.69) is 38.1 Å². The minimum atomic E-state index is -0.276. The normalized spacial score (nSPS) is 13.5. The van der Waals surface area contributed by atoms with Gasteiger partial charge in [0.05, 0.1) is 31.8 Å². The van der Waals surface area contributed by atoms with Crippen LogP contribution in [0.15, 0.2) is 29.1 Å². The summed E-state index contributed by atoms with van der Waals surface area (Å²) in [4.78, 5) is 25.0. The number of nitrogens with one attached hydrogen (secondary N) is 1. The van der Waals surface area contributed by atoms with Crippen LogP contribution in [0.1, 0.15) is 18.1 Å². The number of rotatable bonds is 5. The third kappa shape index (κ3) is 3.83. The summed E-state index contributed by atoms with van der Waals surface area (Å²) in [5.74, 6) is 6.62. The van der Waals surface area contributed by atoms with Gasteiger partial charge in [0, 0.05) is 26.2 Å². The Kier molecular flexibility index (Phi) is 5.87. The quantitative estimate of drug-likeness (QED) is 0.617. The molecule has 0 atom stereocenters. The molecule has 31 heavy (non-hydrogen) atoms. The first-order valence-corrected chi connectivity index (χ1v) is 10.1. The Morgan fingerprint density at radius 3 is 2.68 bits per heavy atom. The summed E-state index contributed by atoms with van der Waals surface area (Å²) in [6.07, 6.45) is 0. The van der Waals surface area contributed by atoms with E-state index in [-0.39, 0.29) is 18.1 Å². The fourth-order valence-electron chi connectivity index (χ4n) is 3.73. The van der Waals surface area contributed by atoms with Gasteiger partial charge in [0.2, 0.25) is 5.95 Å². The van der Waals surface area contributed by atoms with Crippen LogP contribution < -0.4 is 20.5 Å². The van der Waals surface area contributed by atoms with Crippen molar-refractivity contribution in [2.45, 2.75) is 20.0 Å². The van der Waals surface area contributed by atoms with Gasteiger partial charge >= 0.3 is 6.01 Å². The van der Waals surface area contributed by atoms with Gasteiger partial charge in [0.15, 0.2) is 11.2 Å². The van der Waals surface area contributed by atoms with Crippen LogP contribution in [-0.4, -0.2) is 52.4 Å². The van der Waals surface area contributed by atoms with Crippen LogP contribution in [0.2, 0.25) is 0 Å². The Morgan fingerprint density at radius 2 is 1.97 bits per heavy atom. The number of piperazine rings is 1. The molecule has 4 rings (SSSR count). The number of ether oxygens (including phenoxy) is 1. The summed E-state index contributed by atoms with van der Waals surface area (Å²) in [5, 5.41) is 12.8. The molecule has 1 aliphatic heterocycles. The average Bonchev–Trinajstić information content (AvgIpc) is 3.18. The highest BCUT2D eigenvalue weighted by molar-refractivity contribution is 5.75. The standard InChI is InChI=1S/C22H23N7O2/c1-3-4-11-28-18-19(25-21(28)27-12-9-24-10-13-27)26-22(31-2)29(20(18)30)15-17-8-6-5-7-16(17)14-23/h5-8,24H,9-13,15H2,1-2H3. The monoisotopic (exact) mass is 417 g/mol. The molecule has 1 aliphatic rings. The van der Waals surface area contributed by atoms with Gasteiger partial charge in [0.25, 0.3) is 5.56 Å². The Bertz CT molecular complexity index is 1270. The lowest BCUT2D eigenvalue weighted by Gasteiger charge is -2.28. The van der Waals surface area contributed by atoms with E-state index in [0.29, 0.717) is 34.8 Å². The minimum absolute atomic E-state index is 0.156. The first kappa shape index (κ1) is 20.5. The SMILES string of the molecule is CC#CCn1c(N2CCNCC2)nc2nc(OC)n(Cc3ccccc3C#N)c(=O)c21. The van der Waals surface area contributed by atoms with Gasteiger partial charge in [-0.05, 0) is 18.6 Å².